The number of thioether (sulfide) groups is 1. The van der Waals surface area contributed by atoms with Crippen molar-refractivity contribution in [1.82, 2.24) is 0 Å². The van der Waals surface area contributed by atoms with Gasteiger partial charge in [0.15, 0.2) is 5.78 Å². The van der Waals surface area contributed by atoms with Gasteiger partial charge in [-0.15, -0.1) is 0 Å². The van der Waals surface area contributed by atoms with Gasteiger partial charge in [0.25, 0.3) is 0 Å². The smallest absolute Gasteiger partial charge is 0.221 e. The predicted molar refractivity (Wildman–Crippen MR) is 107 cm³/mol. The van der Waals surface area contributed by atoms with E-state index in [2.05, 4.69) is 15.9 Å². The zero-order valence-electron chi connectivity index (χ0n) is 13.4. The largest absolute Gasteiger partial charge is 0.476 e. The maximum Gasteiger partial charge on any atom is 0.221 e. The van der Waals surface area contributed by atoms with Crippen LogP contribution in [0, 0.1) is 0 Å². The Balaban J connectivity index is 2.63. The number of thiocarbonyl (C=S) groups is 1. The molecule has 0 aliphatic heterocycles. The second-order valence-electron chi connectivity index (χ2n) is 5.10. The summed E-state index contributed by atoms with van der Waals surface area (Å²) in [6.45, 7) is 5.66. The molecule has 128 valence electrons. The molecule has 0 saturated carbocycles. The van der Waals surface area contributed by atoms with Crippen LogP contribution in [0.3, 0.4) is 0 Å². The minimum Gasteiger partial charge on any atom is -0.476 e. The summed E-state index contributed by atoms with van der Waals surface area (Å²) in [5.41, 5.74) is 0.667. The van der Waals surface area contributed by atoms with E-state index < -0.39 is 10.8 Å². The number of ketones is 1. The van der Waals surface area contributed by atoms with Crippen LogP contribution in [0.4, 0.5) is 0 Å². The van der Waals surface area contributed by atoms with E-state index in [0.29, 0.717) is 28.5 Å². The summed E-state index contributed by atoms with van der Waals surface area (Å²) < 4.78 is 18.7. The van der Waals surface area contributed by atoms with E-state index >= 15 is 0 Å². The molecule has 0 N–H and O–H groups in total. The highest BCUT2D eigenvalue weighted by atomic mass is 79.9. The van der Waals surface area contributed by atoms with Crippen molar-refractivity contribution in [2.45, 2.75) is 44.3 Å². The highest BCUT2D eigenvalue weighted by Gasteiger charge is 2.21. The van der Waals surface area contributed by atoms with Crippen LogP contribution in [0.5, 0.6) is 0 Å². The van der Waals surface area contributed by atoms with Gasteiger partial charge in [-0.2, -0.15) is 0 Å². The Morgan fingerprint density at radius 3 is 2.48 bits per heavy atom. The Morgan fingerprint density at radius 2 is 1.96 bits per heavy atom. The van der Waals surface area contributed by atoms with Crippen molar-refractivity contribution in [2.24, 2.45) is 0 Å². The fraction of sp³-hybridized carbons (Fsp3) is 0.500. The third-order valence-corrected chi connectivity index (χ3v) is 6.94. The molecule has 2 unspecified atom stereocenters. The standard InChI is InChI=1S/C16H21BrO3S3/c1-4-23(19)15(22-16(21)20-11(2)3)10-9-14(18)12-5-7-13(17)8-6-12/h5-8,11,15H,4,9-10H2,1-3H3. The maximum absolute atomic E-state index is 12.2. The van der Waals surface area contributed by atoms with Crippen LogP contribution in [0.25, 0.3) is 0 Å². The number of carbonyl (C=O) groups is 1. The van der Waals surface area contributed by atoms with Crippen molar-refractivity contribution in [3.8, 4) is 0 Å². The lowest BCUT2D eigenvalue weighted by molar-refractivity contribution is 0.0981. The fourth-order valence-corrected chi connectivity index (χ4v) is 5.33. The molecule has 0 fully saturated rings. The topological polar surface area (TPSA) is 43.4 Å². The first-order valence-corrected chi connectivity index (χ1v) is 10.8. The van der Waals surface area contributed by atoms with Gasteiger partial charge in [0.1, 0.15) is 0 Å². The van der Waals surface area contributed by atoms with Crippen molar-refractivity contribution in [3.63, 3.8) is 0 Å². The molecule has 0 spiro atoms. The van der Waals surface area contributed by atoms with Gasteiger partial charge in [0.05, 0.1) is 10.7 Å². The number of halogens is 1. The molecule has 0 bridgehead atoms. The lowest BCUT2D eigenvalue weighted by atomic mass is 10.1. The van der Waals surface area contributed by atoms with Gasteiger partial charge >= 0.3 is 0 Å². The summed E-state index contributed by atoms with van der Waals surface area (Å²) in [5, 5.41) is 0. The van der Waals surface area contributed by atoms with Crippen LogP contribution >= 0.6 is 39.9 Å². The Hall–Kier alpha value is -0.240. The lowest BCUT2D eigenvalue weighted by Crippen LogP contribution is -2.18. The summed E-state index contributed by atoms with van der Waals surface area (Å²) in [4.78, 5) is 12.2. The van der Waals surface area contributed by atoms with E-state index in [1.54, 1.807) is 12.1 Å². The second-order valence-corrected chi connectivity index (χ2v) is 10.0. The molecule has 0 radical (unpaired) electrons. The minimum absolute atomic E-state index is 0.00453. The molecule has 3 nitrogen and oxygen atoms in total. The third-order valence-electron chi connectivity index (χ3n) is 2.91. The minimum atomic E-state index is -1.04. The zero-order valence-corrected chi connectivity index (χ0v) is 17.4. The molecule has 1 aromatic rings. The molecule has 23 heavy (non-hydrogen) atoms. The normalized spacial score (nSPS) is 13.6. The van der Waals surface area contributed by atoms with Crippen molar-refractivity contribution in [1.29, 1.82) is 0 Å². The SMILES string of the molecule is CCS(=O)C(CCC(=O)c1ccc(Br)cc1)SC(=S)OC(C)C. The van der Waals surface area contributed by atoms with Crippen LogP contribution in [0.15, 0.2) is 28.7 Å². The van der Waals surface area contributed by atoms with E-state index in [1.807, 2.05) is 32.9 Å². The molecule has 0 amide bonds. The van der Waals surface area contributed by atoms with Crippen LogP contribution in [0.1, 0.15) is 44.0 Å². The van der Waals surface area contributed by atoms with Crippen molar-refractivity contribution in [3.05, 3.63) is 34.3 Å². The number of benzene rings is 1. The third kappa shape index (κ3) is 7.92. The van der Waals surface area contributed by atoms with Crippen molar-refractivity contribution >= 4 is 60.9 Å². The van der Waals surface area contributed by atoms with Crippen LogP contribution in [0.2, 0.25) is 0 Å². The van der Waals surface area contributed by atoms with Gasteiger partial charge < -0.3 is 4.74 Å². The second kappa shape index (κ2) is 10.6. The molecule has 0 aromatic heterocycles. The fourth-order valence-electron chi connectivity index (χ4n) is 1.79. The summed E-state index contributed by atoms with van der Waals surface area (Å²) in [6.07, 6.45) is 0.854. The quantitative estimate of drug-likeness (QED) is 0.425. The number of carbonyl (C=O) groups excluding carboxylic acids is 1. The predicted octanol–water partition coefficient (Wildman–Crippen LogP) is 4.95. The molecule has 2 atom stereocenters. The van der Waals surface area contributed by atoms with E-state index in [1.165, 1.54) is 11.8 Å². The first kappa shape index (κ1) is 20.8. The average molecular weight is 437 g/mol. The molecular formula is C16H21BrO3S3. The molecule has 0 heterocycles. The van der Waals surface area contributed by atoms with Crippen LogP contribution in [-0.4, -0.2) is 30.8 Å². The summed E-state index contributed by atoms with van der Waals surface area (Å²) in [7, 11) is -1.04. The monoisotopic (exact) mass is 436 g/mol. The van der Waals surface area contributed by atoms with E-state index in [-0.39, 0.29) is 16.5 Å². The molecular weight excluding hydrogens is 416 g/mol. The van der Waals surface area contributed by atoms with Crippen molar-refractivity contribution < 1.29 is 13.7 Å². The number of hydrogen-bond donors (Lipinski definition) is 0. The average Bonchev–Trinajstić information content (AvgIpc) is 2.50. The van der Waals surface area contributed by atoms with E-state index in [4.69, 9.17) is 17.0 Å². The highest BCUT2D eigenvalue weighted by molar-refractivity contribution is 9.10. The number of Topliss-reactive ketones (excluding diaryl/α,β-unsaturated/α-hetero) is 1. The number of hydrogen-bond acceptors (Lipinski definition) is 5. The molecule has 7 heteroatoms. The number of ether oxygens (including phenoxy) is 1. The van der Waals surface area contributed by atoms with Crippen LogP contribution < -0.4 is 0 Å². The van der Waals surface area contributed by atoms with Gasteiger partial charge in [-0.1, -0.05) is 46.7 Å². The van der Waals surface area contributed by atoms with Crippen molar-refractivity contribution in [2.75, 3.05) is 5.75 Å². The lowest BCUT2D eigenvalue weighted by Gasteiger charge is -2.17. The zero-order chi connectivity index (χ0) is 17.4. The Kier molecular flexibility index (Phi) is 9.58. The number of rotatable bonds is 8. The van der Waals surface area contributed by atoms with Crippen LogP contribution in [-0.2, 0) is 15.5 Å². The van der Waals surface area contributed by atoms with Gasteiger partial charge in [-0.3, -0.25) is 9.00 Å². The van der Waals surface area contributed by atoms with Gasteiger partial charge in [-0.25, -0.2) is 0 Å². The summed E-state index contributed by atoms with van der Waals surface area (Å²) >= 11 is 9.82. The molecule has 0 saturated heterocycles. The molecule has 0 aliphatic carbocycles. The van der Waals surface area contributed by atoms with E-state index in [0.717, 1.165) is 4.47 Å². The summed E-state index contributed by atoms with van der Waals surface area (Å²) in [6, 6.07) is 7.26. The molecule has 0 aliphatic rings. The highest BCUT2D eigenvalue weighted by Crippen LogP contribution is 2.24. The first-order chi connectivity index (χ1) is 10.8. The first-order valence-electron chi connectivity index (χ1n) is 7.36. The van der Waals surface area contributed by atoms with Gasteiger partial charge in [0, 0.05) is 33.0 Å². The Labute approximate surface area is 158 Å². The van der Waals surface area contributed by atoms with Gasteiger partial charge in [-0.05, 0) is 44.6 Å². The maximum atomic E-state index is 12.2. The van der Waals surface area contributed by atoms with Gasteiger partial charge in [0.2, 0.25) is 4.38 Å². The van der Waals surface area contributed by atoms with E-state index in [9.17, 15) is 9.00 Å². The summed E-state index contributed by atoms with van der Waals surface area (Å²) in [5.74, 6) is 0.584. The molecule has 1 aromatic carbocycles. The Bertz CT molecular complexity index is 558. The molecule has 1 rings (SSSR count). The Morgan fingerprint density at radius 1 is 1.35 bits per heavy atom.